The zero-order valence-corrected chi connectivity index (χ0v) is 54.8. The van der Waals surface area contributed by atoms with Gasteiger partial charge in [0, 0.05) is 19.3 Å². The maximum atomic E-state index is 13.0. The number of unbranched alkanes of at least 4 members (excludes halogenated alkanes) is 51. The van der Waals surface area contributed by atoms with E-state index >= 15 is 0 Å². The number of esters is 3. The molecule has 0 saturated carbocycles. The Morgan fingerprint density at radius 2 is 0.444 bits per heavy atom. The minimum Gasteiger partial charge on any atom is -0.462 e. The molecule has 0 rings (SSSR count). The van der Waals surface area contributed by atoms with E-state index in [-0.39, 0.29) is 31.1 Å². The van der Waals surface area contributed by atoms with Crippen molar-refractivity contribution < 1.29 is 28.6 Å². The highest BCUT2D eigenvalue weighted by Crippen LogP contribution is 2.19. The minimum absolute atomic E-state index is 0.0666. The summed E-state index contributed by atoms with van der Waals surface area (Å²) in [6.07, 6.45) is 87.5. The van der Waals surface area contributed by atoms with Crippen molar-refractivity contribution in [1.82, 2.24) is 0 Å². The zero-order chi connectivity index (χ0) is 58.5. The summed E-state index contributed by atoms with van der Waals surface area (Å²) in [5.41, 5.74) is 0. The Labute approximate surface area is 506 Å². The number of carbonyl (C=O) groups is 3. The second kappa shape index (κ2) is 70.1. The van der Waals surface area contributed by atoms with Crippen LogP contribution in [-0.4, -0.2) is 37.2 Å². The molecule has 0 aromatic heterocycles. The molecule has 81 heavy (non-hydrogen) atoms. The average Bonchev–Trinajstić information content (AvgIpc) is 3.47. The van der Waals surface area contributed by atoms with Gasteiger partial charge in [-0.05, 0) is 77.0 Å². The first-order valence-corrected chi connectivity index (χ1v) is 36.5. The van der Waals surface area contributed by atoms with Crippen LogP contribution in [0.5, 0.6) is 0 Å². The van der Waals surface area contributed by atoms with Crippen molar-refractivity contribution in [2.24, 2.45) is 0 Å². The molecule has 0 saturated heterocycles. The Morgan fingerprint density at radius 1 is 0.247 bits per heavy atom. The fourth-order valence-electron chi connectivity index (χ4n) is 11.1. The molecule has 0 aliphatic carbocycles. The topological polar surface area (TPSA) is 78.9 Å². The predicted octanol–water partition coefficient (Wildman–Crippen LogP) is 25.1. The van der Waals surface area contributed by atoms with Crippen LogP contribution < -0.4 is 0 Å². The fraction of sp³-hybridized carbons (Fsp3) is 0.880. The third kappa shape index (κ3) is 68.3. The van der Waals surface area contributed by atoms with E-state index in [1.54, 1.807) is 0 Å². The average molecular weight is 1140 g/mol. The molecule has 6 nitrogen and oxygen atoms in total. The van der Waals surface area contributed by atoms with Gasteiger partial charge in [0.25, 0.3) is 0 Å². The van der Waals surface area contributed by atoms with Gasteiger partial charge in [-0.3, -0.25) is 14.4 Å². The molecule has 0 aliphatic heterocycles. The lowest BCUT2D eigenvalue weighted by atomic mass is 10.0. The van der Waals surface area contributed by atoms with Crippen molar-refractivity contribution >= 4 is 17.9 Å². The summed E-state index contributed by atoms with van der Waals surface area (Å²) in [7, 11) is 0. The number of hydrogen-bond acceptors (Lipinski definition) is 6. The van der Waals surface area contributed by atoms with Gasteiger partial charge < -0.3 is 14.2 Å². The molecular weight excluding hydrogens is 997 g/mol. The van der Waals surface area contributed by atoms with Gasteiger partial charge in [0.1, 0.15) is 13.2 Å². The van der Waals surface area contributed by atoms with E-state index in [1.807, 2.05) is 0 Å². The SMILES string of the molecule is CCCCCCC/C=C\C/C=C\CCCCCCCCCCCCCCCCCCCC(=O)OCC(COC(=O)CCCCCCCCCCCCCCCCC)OC(=O)CCCCCCCCCCC/C=C\CCCCCCCC. The van der Waals surface area contributed by atoms with Crippen LogP contribution in [0, 0.1) is 0 Å². The number of rotatable bonds is 68. The first kappa shape index (κ1) is 78.6. The lowest BCUT2D eigenvalue weighted by Gasteiger charge is -2.18. The van der Waals surface area contributed by atoms with Gasteiger partial charge in [-0.25, -0.2) is 0 Å². The molecule has 6 heteroatoms. The lowest BCUT2D eigenvalue weighted by molar-refractivity contribution is -0.167. The van der Waals surface area contributed by atoms with Crippen LogP contribution in [0.3, 0.4) is 0 Å². The summed E-state index contributed by atoms with van der Waals surface area (Å²) < 4.78 is 17.0. The highest BCUT2D eigenvalue weighted by molar-refractivity contribution is 5.71. The molecule has 0 aromatic rings. The Morgan fingerprint density at radius 3 is 0.691 bits per heavy atom. The van der Waals surface area contributed by atoms with E-state index in [2.05, 4.69) is 57.2 Å². The second-order valence-electron chi connectivity index (χ2n) is 24.9. The molecule has 0 aliphatic rings. The van der Waals surface area contributed by atoms with Crippen LogP contribution in [-0.2, 0) is 28.6 Å². The summed E-state index contributed by atoms with van der Waals surface area (Å²) in [5, 5.41) is 0. The lowest BCUT2D eigenvalue weighted by Crippen LogP contribution is -2.30. The zero-order valence-electron chi connectivity index (χ0n) is 54.8. The predicted molar refractivity (Wildman–Crippen MR) is 353 cm³/mol. The number of hydrogen-bond donors (Lipinski definition) is 0. The third-order valence-corrected chi connectivity index (χ3v) is 16.6. The van der Waals surface area contributed by atoms with Gasteiger partial charge in [0.2, 0.25) is 0 Å². The van der Waals surface area contributed by atoms with Gasteiger partial charge in [-0.1, -0.05) is 346 Å². The number of carbonyl (C=O) groups excluding carboxylic acids is 3. The Bertz CT molecular complexity index is 1350. The molecule has 0 amide bonds. The smallest absolute Gasteiger partial charge is 0.306 e. The molecule has 0 spiro atoms. The van der Waals surface area contributed by atoms with Gasteiger partial charge in [0.15, 0.2) is 6.10 Å². The van der Waals surface area contributed by atoms with Crippen LogP contribution in [0.4, 0.5) is 0 Å². The molecule has 0 radical (unpaired) electrons. The van der Waals surface area contributed by atoms with Crippen LogP contribution in [0.25, 0.3) is 0 Å². The van der Waals surface area contributed by atoms with Crippen LogP contribution in [0.15, 0.2) is 36.5 Å². The molecule has 0 fully saturated rings. The van der Waals surface area contributed by atoms with Crippen molar-refractivity contribution in [2.75, 3.05) is 13.2 Å². The first-order valence-electron chi connectivity index (χ1n) is 36.5. The van der Waals surface area contributed by atoms with Gasteiger partial charge >= 0.3 is 17.9 Å². The van der Waals surface area contributed by atoms with E-state index in [0.29, 0.717) is 19.3 Å². The molecule has 0 heterocycles. The first-order chi connectivity index (χ1) is 40.0. The molecule has 0 aromatic carbocycles. The van der Waals surface area contributed by atoms with Crippen LogP contribution in [0.2, 0.25) is 0 Å². The summed E-state index contributed by atoms with van der Waals surface area (Å²) >= 11 is 0. The van der Waals surface area contributed by atoms with Crippen molar-refractivity contribution in [3.8, 4) is 0 Å². The van der Waals surface area contributed by atoms with Crippen molar-refractivity contribution in [3.63, 3.8) is 0 Å². The number of allylic oxidation sites excluding steroid dienone is 6. The van der Waals surface area contributed by atoms with Crippen molar-refractivity contribution in [1.29, 1.82) is 0 Å². The Kier molecular flexibility index (Phi) is 68.1. The fourth-order valence-corrected chi connectivity index (χ4v) is 11.1. The van der Waals surface area contributed by atoms with Crippen LogP contribution >= 0.6 is 0 Å². The molecule has 1 unspecified atom stereocenters. The van der Waals surface area contributed by atoms with E-state index in [0.717, 1.165) is 64.2 Å². The number of ether oxygens (including phenoxy) is 3. The quantitative estimate of drug-likeness (QED) is 0.0261. The Balaban J connectivity index is 4.21. The molecule has 1 atom stereocenters. The van der Waals surface area contributed by atoms with E-state index < -0.39 is 6.10 Å². The molecule has 0 bridgehead atoms. The molecule has 0 N–H and O–H groups in total. The summed E-state index contributed by atoms with van der Waals surface area (Å²) in [6.45, 7) is 6.70. The summed E-state index contributed by atoms with van der Waals surface area (Å²) in [6, 6.07) is 0. The maximum absolute atomic E-state index is 13.0. The summed E-state index contributed by atoms with van der Waals surface area (Å²) in [5.74, 6) is -0.837. The highest BCUT2D eigenvalue weighted by atomic mass is 16.6. The second-order valence-corrected chi connectivity index (χ2v) is 24.9. The monoisotopic (exact) mass is 1140 g/mol. The Hall–Kier alpha value is -2.37. The van der Waals surface area contributed by atoms with E-state index in [1.165, 1.54) is 302 Å². The van der Waals surface area contributed by atoms with Crippen molar-refractivity contribution in [3.05, 3.63) is 36.5 Å². The van der Waals surface area contributed by atoms with Gasteiger partial charge in [-0.2, -0.15) is 0 Å². The third-order valence-electron chi connectivity index (χ3n) is 16.6. The molecular formula is C75H140O6. The van der Waals surface area contributed by atoms with Crippen LogP contribution in [0.1, 0.15) is 406 Å². The maximum Gasteiger partial charge on any atom is 0.306 e. The normalized spacial score (nSPS) is 12.2. The van der Waals surface area contributed by atoms with Crippen molar-refractivity contribution in [2.45, 2.75) is 412 Å². The largest absolute Gasteiger partial charge is 0.462 e. The van der Waals surface area contributed by atoms with E-state index in [9.17, 15) is 14.4 Å². The van der Waals surface area contributed by atoms with Gasteiger partial charge in [0.05, 0.1) is 0 Å². The molecule has 476 valence electrons. The van der Waals surface area contributed by atoms with E-state index in [4.69, 9.17) is 14.2 Å². The standard InChI is InChI=1S/C75H140O6/c1-4-7-10-13-16-19-22-25-28-30-32-33-34-35-36-37-38-39-40-41-43-44-47-50-53-56-59-62-65-68-74(77)80-71-72(70-79-73(76)67-64-61-58-55-52-49-46-27-24-21-18-15-12-9-6-3)81-75(78)69-66-63-60-57-54-51-48-45-42-31-29-26-23-20-17-14-11-8-5-2/h22,25-26,29-30,32,72H,4-21,23-24,27-28,31,33-71H2,1-3H3/b25-22-,29-26-,32-30-. The summed E-state index contributed by atoms with van der Waals surface area (Å²) in [4.78, 5) is 38.5. The van der Waals surface area contributed by atoms with Gasteiger partial charge in [-0.15, -0.1) is 0 Å². The minimum atomic E-state index is -0.771. The highest BCUT2D eigenvalue weighted by Gasteiger charge is 2.19.